The Hall–Kier alpha value is -2.27. The number of methoxy groups -OCH3 is 1. The highest BCUT2D eigenvalue weighted by atomic mass is 35.6. The Labute approximate surface area is 171 Å². The van der Waals surface area contributed by atoms with E-state index in [2.05, 4.69) is 5.10 Å². The number of halogens is 3. The first kappa shape index (κ1) is 18.1. The lowest BCUT2D eigenvalue weighted by molar-refractivity contribution is 0.415. The quantitative estimate of drug-likeness (QED) is 0.389. The fraction of sp³-hybridized carbons (Fsp3) is 0.100. The summed E-state index contributed by atoms with van der Waals surface area (Å²) in [5.74, 6) is 0.785. The van der Waals surface area contributed by atoms with Crippen molar-refractivity contribution in [2.24, 2.45) is 0 Å². The van der Waals surface area contributed by atoms with Gasteiger partial charge in [-0.25, -0.2) is 9.50 Å². The maximum absolute atomic E-state index is 6.19. The van der Waals surface area contributed by atoms with Gasteiger partial charge < -0.3 is 4.74 Å². The Morgan fingerprint density at radius 2 is 1.59 bits per heavy atom. The van der Waals surface area contributed by atoms with E-state index >= 15 is 0 Å². The molecule has 2 aromatic heterocycles. The highest BCUT2D eigenvalue weighted by molar-refractivity contribution is 6.66. The summed E-state index contributed by atoms with van der Waals surface area (Å²) in [5.41, 5.74) is 4.29. The van der Waals surface area contributed by atoms with Gasteiger partial charge in [0, 0.05) is 11.8 Å². The van der Waals surface area contributed by atoms with Gasteiger partial charge in [0.2, 0.25) is 3.79 Å². The van der Waals surface area contributed by atoms with Gasteiger partial charge in [-0.2, -0.15) is 5.10 Å². The molecule has 4 rings (SSSR count). The maximum Gasteiger partial charge on any atom is 0.235 e. The number of alkyl halides is 3. The first-order valence-electron chi connectivity index (χ1n) is 8.14. The van der Waals surface area contributed by atoms with Gasteiger partial charge in [-0.3, -0.25) is 0 Å². The van der Waals surface area contributed by atoms with Gasteiger partial charge in [0.1, 0.15) is 11.4 Å². The fourth-order valence-corrected chi connectivity index (χ4v) is 3.32. The second kappa shape index (κ2) is 7.04. The van der Waals surface area contributed by atoms with E-state index in [0.717, 1.165) is 22.6 Å². The van der Waals surface area contributed by atoms with Crippen molar-refractivity contribution in [1.29, 1.82) is 0 Å². The van der Waals surface area contributed by atoms with Crippen molar-refractivity contribution in [3.8, 4) is 28.1 Å². The van der Waals surface area contributed by atoms with Crippen LogP contribution in [-0.4, -0.2) is 21.7 Å². The minimum atomic E-state index is -1.67. The lowest BCUT2D eigenvalue weighted by atomic mass is 10.1. The highest BCUT2D eigenvalue weighted by Crippen LogP contribution is 2.44. The molecule has 0 unspecified atom stereocenters. The molecule has 0 saturated heterocycles. The predicted octanol–water partition coefficient (Wildman–Crippen LogP) is 5.90. The highest BCUT2D eigenvalue weighted by Gasteiger charge is 2.32. The minimum Gasteiger partial charge on any atom is -0.497 e. The molecule has 0 atom stereocenters. The first-order valence-corrected chi connectivity index (χ1v) is 9.27. The standard InChI is InChI=1S/C20H14Cl3N3O/c1-27-15-9-7-13(8-10-15)16-11-12-26-19(24-16)17(14-5-3-2-4-6-14)18(25-26)20(21,22)23/h2-12H,1H3. The molecule has 0 aliphatic carbocycles. The molecule has 0 fully saturated rings. The summed E-state index contributed by atoms with van der Waals surface area (Å²) in [6, 6.07) is 19.2. The van der Waals surface area contributed by atoms with Crippen LogP contribution in [0.15, 0.2) is 66.9 Å². The van der Waals surface area contributed by atoms with Crippen LogP contribution < -0.4 is 4.74 Å². The van der Waals surface area contributed by atoms with E-state index in [1.807, 2.05) is 66.9 Å². The van der Waals surface area contributed by atoms with Crippen molar-refractivity contribution in [1.82, 2.24) is 14.6 Å². The lowest BCUT2D eigenvalue weighted by Crippen LogP contribution is -2.03. The Morgan fingerprint density at radius 3 is 2.22 bits per heavy atom. The molecular weight excluding hydrogens is 405 g/mol. The molecule has 0 saturated carbocycles. The van der Waals surface area contributed by atoms with Crippen molar-refractivity contribution < 1.29 is 4.74 Å². The van der Waals surface area contributed by atoms with Crippen molar-refractivity contribution in [2.75, 3.05) is 7.11 Å². The van der Waals surface area contributed by atoms with Gasteiger partial charge in [0.25, 0.3) is 0 Å². The molecule has 0 N–H and O–H groups in total. The second-order valence-corrected chi connectivity index (χ2v) is 8.18. The summed E-state index contributed by atoms with van der Waals surface area (Å²) >= 11 is 18.6. The van der Waals surface area contributed by atoms with Gasteiger partial charge in [-0.15, -0.1) is 0 Å². The summed E-state index contributed by atoms with van der Waals surface area (Å²) < 4.78 is 5.18. The van der Waals surface area contributed by atoms with E-state index in [-0.39, 0.29) is 0 Å². The van der Waals surface area contributed by atoms with E-state index in [1.165, 1.54) is 0 Å². The van der Waals surface area contributed by atoms with Gasteiger partial charge in [-0.1, -0.05) is 65.1 Å². The Kier molecular flexibility index (Phi) is 4.72. The molecule has 27 heavy (non-hydrogen) atoms. The zero-order valence-electron chi connectivity index (χ0n) is 14.2. The molecule has 0 aliphatic rings. The third-order valence-electron chi connectivity index (χ3n) is 4.20. The van der Waals surface area contributed by atoms with Crippen LogP contribution in [0.5, 0.6) is 5.75 Å². The van der Waals surface area contributed by atoms with Crippen LogP contribution in [0.25, 0.3) is 28.0 Å². The van der Waals surface area contributed by atoms with Crippen molar-refractivity contribution in [2.45, 2.75) is 3.79 Å². The molecule has 0 spiro atoms. The fourth-order valence-electron chi connectivity index (χ4n) is 2.92. The van der Waals surface area contributed by atoms with Crippen LogP contribution in [0.4, 0.5) is 0 Å². The Balaban J connectivity index is 1.94. The van der Waals surface area contributed by atoms with Crippen molar-refractivity contribution in [3.63, 3.8) is 0 Å². The largest absolute Gasteiger partial charge is 0.497 e. The summed E-state index contributed by atoms with van der Waals surface area (Å²) in [4.78, 5) is 4.80. The van der Waals surface area contributed by atoms with Crippen LogP contribution in [0.3, 0.4) is 0 Å². The molecule has 2 heterocycles. The third kappa shape index (κ3) is 3.48. The van der Waals surface area contributed by atoms with Crippen molar-refractivity contribution >= 4 is 40.4 Å². The first-order chi connectivity index (χ1) is 13.0. The van der Waals surface area contributed by atoms with Crippen LogP contribution in [0.1, 0.15) is 5.69 Å². The van der Waals surface area contributed by atoms with E-state index in [9.17, 15) is 0 Å². The average Bonchev–Trinajstić information content (AvgIpc) is 3.08. The van der Waals surface area contributed by atoms with Crippen molar-refractivity contribution in [3.05, 3.63) is 72.6 Å². The normalized spacial score (nSPS) is 11.7. The van der Waals surface area contributed by atoms with Crippen LogP contribution in [-0.2, 0) is 3.79 Å². The molecule has 4 nitrogen and oxygen atoms in total. The van der Waals surface area contributed by atoms with Crippen LogP contribution >= 0.6 is 34.8 Å². The number of ether oxygens (including phenoxy) is 1. The number of fused-ring (bicyclic) bond motifs is 1. The minimum absolute atomic E-state index is 0.345. The van der Waals surface area contributed by atoms with Gasteiger partial charge >= 0.3 is 0 Å². The summed E-state index contributed by atoms with van der Waals surface area (Å²) in [7, 11) is 1.63. The average molecular weight is 419 g/mol. The van der Waals surface area contributed by atoms with E-state index < -0.39 is 3.79 Å². The molecule has 0 bridgehead atoms. The smallest absolute Gasteiger partial charge is 0.235 e. The van der Waals surface area contributed by atoms with Crippen LogP contribution in [0, 0.1) is 0 Å². The zero-order chi connectivity index (χ0) is 19.0. The number of aromatic nitrogens is 3. The van der Waals surface area contributed by atoms with Gasteiger partial charge in [0.05, 0.1) is 18.4 Å². The summed E-state index contributed by atoms with van der Waals surface area (Å²) in [5, 5.41) is 4.46. The summed E-state index contributed by atoms with van der Waals surface area (Å²) in [6.45, 7) is 0. The van der Waals surface area contributed by atoms with E-state index in [1.54, 1.807) is 11.6 Å². The van der Waals surface area contributed by atoms with E-state index in [4.69, 9.17) is 44.5 Å². The second-order valence-electron chi connectivity index (χ2n) is 5.90. The molecule has 0 amide bonds. The number of nitrogens with zero attached hydrogens (tertiary/aromatic N) is 3. The number of hydrogen-bond donors (Lipinski definition) is 0. The van der Waals surface area contributed by atoms with Gasteiger partial charge in [-0.05, 0) is 35.9 Å². The summed E-state index contributed by atoms with van der Waals surface area (Å²) in [6.07, 6.45) is 1.81. The Morgan fingerprint density at radius 1 is 0.889 bits per heavy atom. The number of rotatable bonds is 3. The van der Waals surface area contributed by atoms with E-state index in [0.29, 0.717) is 16.9 Å². The Bertz CT molecular complexity index is 1090. The molecule has 2 aromatic carbocycles. The van der Waals surface area contributed by atoms with Crippen LogP contribution in [0.2, 0.25) is 0 Å². The molecule has 0 aliphatic heterocycles. The monoisotopic (exact) mass is 417 g/mol. The zero-order valence-corrected chi connectivity index (χ0v) is 16.5. The number of benzene rings is 2. The van der Waals surface area contributed by atoms with Gasteiger partial charge in [0.15, 0.2) is 5.65 Å². The number of hydrogen-bond acceptors (Lipinski definition) is 3. The SMILES string of the molecule is COc1ccc(-c2ccn3nc(C(Cl)(Cl)Cl)c(-c4ccccc4)c3n2)cc1. The predicted molar refractivity (Wildman–Crippen MR) is 110 cm³/mol. The molecular formula is C20H14Cl3N3O. The molecule has 7 heteroatoms. The topological polar surface area (TPSA) is 39.4 Å². The lowest BCUT2D eigenvalue weighted by Gasteiger charge is -2.10. The molecule has 4 aromatic rings. The maximum atomic E-state index is 6.19. The third-order valence-corrected chi connectivity index (χ3v) is 4.74. The molecule has 136 valence electrons. The molecule has 0 radical (unpaired) electrons.